The Morgan fingerprint density at radius 1 is 1.26 bits per heavy atom. The average molecular weight is 316 g/mol. The third-order valence-corrected chi connectivity index (χ3v) is 4.37. The SMILES string of the molecule is COc1cccc(CCC2(Cn3ccnc3)OC(C)C(C)O2)c1. The first-order valence-electron chi connectivity index (χ1n) is 8.04. The number of hydrogen-bond donors (Lipinski definition) is 0. The molecule has 2 atom stereocenters. The first kappa shape index (κ1) is 16.0. The van der Waals surface area contributed by atoms with Gasteiger partial charge in [-0.25, -0.2) is 4.98 Å². The molecule has 0 amide bonds. The lowest BCUT2D eigenvalue weighted by atomic mass is 10.0. The van der Waals surface area contributed by atoms with Gasteiger partial charge in [0.25, 0.3) is 0 Å². The number of aromatic nitrogens is 2. The van der Waals surface area contributed by atoms with Gasteiger partial charge in [0.2, 0.25) is 0 Å². The molecule has 2 unspecified atom stereocenters. The van der Waals surface area contributed by atoms with E-state index in [-0.39, 0.29) is 12.2 Å². The second-order valence-electron chi connectivity index (χ2n) is 6.14. The topological polar surface area (TPSA) is 45.5 Å². The standard InChI is InChI=1S/C18H24N2O3/c1-14-15(2)23-18(22-14,12-20-10-9-19-13-20)8-7-16-5-4-6-17(11-16)21-3/h4-6,9-11,13-15H,7-8,12H2,1-3H3. The monoisotopic (exact) mass is 316 g/mol. The molecule has 1 aliphatic heterocycles. The first-order chi connectivity index (χ1) is 11.1. The molecule has 5 heteroatoms. The molecule has 1 aromatic heterocycles. The van der Waals surface area contributed by atoms with Crippen molar-refractivity contribution in [1.29, 1.82) is 0 Å². The van der Waals surface area contributed by atoms with Crippen LogP contribution in [0.25, 0.3) is 0 Å². The van der Waals surface area contributed by atoms with Crippen LogP contribution in [0.1, 0.15) is 25.8 Å². The quantitative estimate of drug-likeness (QED) is 0.822. The number of aryl methyl sites for hydroxylation is 1. The highest BCUT2D eigenvalue weighted by Crippen LogP contribution is 2.34. The van der Waals surface area contributed by atoms with Gasteiger partial charge >= 0.3 is 0 Å². The van der Waals surface area contributed by atoms with Gasteiger partial charge in [0.1, 0.15) is 5.75 Å². The van der Waals surface area contributed by atoms with E-state index in [1.807, 2.05) is 22.9 Å². The number of nitrogens with zero attached hydrogens (tertiary/aromatic N) is 2. The van der Waals surface area contributed by atoms with E-state index in [4.69, 9.17) is 14.2 Å². The summed E-state index contributed by atoms with van der Waals surface area (Å²) in [5.74, 6) is 0.268. The molecule has 1 aromatic carbocycles. The van der Waals surface area contributed by atoms with Crippen LogP contribution in [0.15, 0.2) is 43.0 Å². The van der Waals surface area contributed by atoms with Crippen LogP contribution in [-0.4, -0.2) is 34.7 Å². The molecule has 1 aliphatic rings. The van der Waals surface area contributed by atoms with Crippen molar-refractivity contribution in [1.82, 2.24) is 9.55 Å². The van der Waals surface area contributed by atoms with Crippen LogP contribution in [0, 0.1) is 0 Å². The van der Waals surface area contributed by atoms with Crippen LogP contribution < -0.4 is 4.74 Å². The van der Waals surface area contributed by atoms with Crippen LogP contribution in [-0.2, 0) is 22.4 Å². The second kappa shape index (κ2) is 6.72. The normalized spacial score (nSPS) is 27.3. The van der Waals surface area contributed by atoms with E-state index in [0.717, 1.165) is 18.6 Å². The van der Waals surface area contributed by atoms with Gasteiger partial charge in [0, 0.05) is 18.8 Å². The maximum Gasteiger partial charge on any atom is 0.187 e. The summed E-state index contributed by atoms with van der Waals surface area (Å²) in [5.41, 5.74) is 1.22. The Morgan fingerprint density at radius 2 is 2.04 bits per heavy atom. The maximum atomic E-state index is 6.21. The van der Waals surface area contributed by atoms with E-state index in [1.165, 1.54) is 5.56 Å². The summed E-state index contributed by atoms with van der Waals surface area (Å²) in [6.07, 6.45) is 7.34. The van der Waals surface area contributed by atoms with Crippen molar-refractivity contribution < 1.29 is 14.2 Å². The number of benzene rings is 1. The molecule has 1 saturated heterocycles. The summed E-state index contributed by atoms with van der Waals surface area (Å²) in [4.78, 5) is 4.11. The Labute approximate surface area is 137 Å². The van der Waals surface area contributed by atoms with Crippen LogP contribution in [0.4, 0.5) is 0 Å². The molecule has 0 bridgehead atoms. The molecule has 0 aliphatic carbocycles. The van der Waals surface area contributed by atoms with E-state index < -0.39 is 5.79 Å². The zero-order chi connectivity index (χ0) is 16.3. The predicted octanol–water partition coefficient (Wildman–Crippen LogP) is 3.04. The van der Waals surface area contributed by atoms with Crippen molar-refractivity contribution in [2.75, 3.05) is 7.11 Å². The van der Waals surface area contributed by atoms with E-state index in [2.05, 4.69) is 31.0 Å². The lowest BCUT2D eigenvalue weighted by Gasteiger charge is -2.28. The summed E-state index contributed by atoms with van der Waals surface area (Å²) >= 11 is 0. The van der Waals surface area contributed by atoms with Gasteiger partial charge in [0.15, 0.2) is 5.79 Å². The largest absolute Gasteiger partial charge is 0.497 e. The number of imidazole rings is 1. The molecule has 5 nitrogen and oxygen atoms in total. The molecule has 0 radical (unpaired) electrons. The highest BCUT2D eigenvalue weighted by atomic mass is 16.8. The molecule has 1 fully saturated rings. The van der Waals surface area contributed by atoms with Crippen molar-refractivity contribution in [3.63, 3.8) is 0 Å². The first-order valence-corrected chi connectivity index (χ1v) is 8.04. The zero-order valence-electron chi connectivity index (χ0n) is 13.9. The minimum absolute atomic E-state index is 0.0869. The lowest BCUT2D eigenvalue weighted by Crippen LogP contribution is -2.36. The third-order valence-electron chi connectivity index (χ3n) is 4.37. The molecule has 23 heavy (non-hydrogen) atoms. The molecule has 2 aromatic rings. The van der Waals surface area contributed by atoms with E-state index in [0.29, 0.717) is 6.54 Å². The van der Waals surface area contributed by atoms with Crippen molar-refractivity contribution in [2.24, 2.45) is 0 Å². The number of methoxy groups -OCH3 is 1. The number of rotatable bonds is 6. The third kappa shape index (κ3) is 3.74. The second-order valence-corrected chi connectivity index (χ2v) is 6.14. The van der Waals surface area contributed by atoms with Gasteiger partial charge in [-0.1, -0.05) is 12.1 Å². The molecular weight excluding hydrogens is 292 g/mol. The van der Waals surface area contributed by atoms with E-state index in [1.54, 1.807) is 19.6 Å². The molecular formula is C18H24N2O3. The average Bonchev–Trinajstić information content (AvgIpc) is 3.15. The fraction of sp³-hybridized carbons (Fsp3) is 0.500. The fourth-order valence-corrected chi connectivity index (χ4v) is 2.99. The summed E-state index contributed by atoms with van der Waals surface area (Å²) in [7, 11) is 1.69. The van der Waals surface area contributed by atoms with E-state index >= 15 is 0 Å². The van der Waals surface area contributed by atoms with Gasteiger partial charge in [-0.3, -0.25) is 0 Å². The van der Waals surface area contributed by atoms with Crippen molar-refractivity contribution in [3.05, 3.63) is 48.5 Å². The van der Waals surface area contributed by atoms with Gasteiger partial charge in [-0.15, -0.1) is 0 Å². The van der Waals surface area contributed by atoms with Crippen molar-refractivity contribution in [2.45, 2.75) is 51.2 Å². The molecule has 2 heterocycles. The predicted molar refractivity (Wildman–Crippen MR) is 87.4 cm³/mol. The van der Waals surface area contributed by atoms with Gasteiger partial charge in [-0.05, 0) is 38.0 Å². The highest BCUT2D eigenvalue weighted by molar-refractivity contribution is 5.28. The zero-order valence-corrected chi connectivity index (χ0v) is 13.9. The van der Waals surface area contributed by atoms with Crippen LogP contribution in [0.2, 0.25) is 0 Å². The highest BCUT2D eigenvalue weighted by Gasteiger charge is 2.43. The van der Waals surface area contributed by atoms with Crippen LogP contribution in [0.3, 0.4) is 0 Å². The Kier molecular flexibility index (Phi) is 4.68. The maximum absolute atomic E-state index is 6.21. The summed E-state index contributed by atoms with van der Waals surface area (Å²) in [6, 6.07) is 8.14. The van der Waals surface area contributed by atoms with E-state index in [9.17, 15) is 0 Å². The van der Waals surface area contributed by atoms with Crippen LogP contribution >= 0.6 is 0 Å². The molecule has 124 valence electrons. The van der Waals surface area contributed by atoms with Crippen LogP contribution in [0.5, 0.6) is 5.75 Å². The molecule has 3 rings (SSSR count). The minimum atomic E-state index is -0.609. The van der Waals surface area contributed by atoms with Crippen molar-refractivity contribution >= 4 is 0 Å². The summed E-state index contributed by atoms with van der Waals surface area (Å²) in [5, 5.41) is 0. The Hall–Kier alpha value is -1.85. The van der Waals surface area contributed by atoms with Gasteiger partial charge < -0.3 is 18.8 Å². The number of hydrogen-bond acceptors (Lipinski definition) is 4. The Balaban J connectivity index is 1.73. The molecule has 0 N–H and O–H groups in total. The molecule has 0 saturated carbocycles. The molecule has 0 spiro atoms. The van der Waals surface area contributed by atoms with Gasteiger partial charge in [-0.2, -0.15) is 0 Å². The smallest absolute Gasteiger partial charge is 0.187 e. The number of ether oxygens (including phenoxy) is 3. The fourth-order valence-electron chi connectivity index (χ4n) is 2.99. The Morgan fingerprint density at radius 3 is 2.70 bits per heavy atom. The Bertz CT molecular complexity index is 617. The van der Waals surface area contributed by atoms with Crippen molar-refractivity contribution in [3.8, 4) is 5.75 Å². The lowest BCUT2D eigenvalue weighted by molar-refractivity contribution is -0.186. The van der Waals surface area contributed by atoms with Gasteiger partial charge in [0.05, 0.1) is 32.2 Å². The minimum Gasteiger partial charge on any atom is -0.497 e. The summed E-state index contributed by atoms with van der Waals surface area (Å²) in [6.45, 7) is 4.77. The summed E-state index contributed by atoms with van der Waals surface area (Å²) < 4.78 is 19.7.